The summed E-state index contributed by atoms with van der Waals surface area (Å²) in [4.78, 5) is 40.2. The molecule has 4 aromatic carbocycles. The van der Waals surface area contributed by atoms with Crippen LogP contribution in [0.3, 0.4) is 0 Å². The third-order valence-corrected chi connectivity index (χ3v) is 8.50. The van der Waals surface area contributed by atoms with Crippen molar-refractivity contribution in [3.8, 4) is 0 Å². The predicted octanol–water partition coefficient (Wildman–Crippen LogP) is 2.60. The van der Waals surface area contributed by atoms with Gasteiger partial charge < -0.3 is 42.7 Å². The van der Waals surface area contributed by atoms with Crippen LogP contribution in [0.5, 0.6) is 0 Å². The molecule has 0 saturated heterocycles. The highest BCUT2D eigenvalue weighted by Gasteiger charge is 2.11. The Morgan fingerprint density at radius 1 is 0.558 bits per heavy atom. The second kappa shape index (κ2) is 16.6. The zero-order valence-electron chi connectivity index (χ0n) is 28.6. The number of carbonyl (C=O) groups is 2. The van der Waals surface area contributed by atoms with E-state index in [0.29, 0.717) is 35.9 Å². The van der Waals surface area contributed by atoms with Gasteiger partial charge in [0.05, 0.1) is 34.9 Å². The average Bonchev–Trinajstić information content (AvgIpc) is 3.74. The Kier molecular flexibility index (Phi) is 11.3. The Morgan fingerprint density at radius 2 is 0.923 bits per heavy atom. The summed E-state index contributed by atoms with van der Waals surface area (Å²) in [5, 5.41) is 28.0. The zero-order valence-corrected chi connectivity index (χ0v) is 28.6. The van der Waals surface area contributed by atoms with Crippen LogP contribution in [0, 0.1) is 10.8 Å². The van der Waals surface area contributed by atoms with Crippen LogP contribution in [0.25, 0.3) is 22.1 Å². The van der Waals surface area contributed by atoms with E-state index in [1.165, 1.54) is 0 Å². The Balaban J connectivity index is 0.830. The number of nitrogens with one attached hydrogen (secondary N) is 8. The predicted molar refractivity (Wildman–Crippen MR) is 202 cm³/mol. The van der Waals surface area contributed by atoms with Gasteiger partial charge in [0.15, 0.2) is 0 Å². The Labute approximate surface area is 300 Å². The van der Waals surface area contributed by atoms with E-state index in [-0.39, 0.29) is 36.3 Å². The highest BCUT2D eigenvalue weighted by atomic mass is 16.2. The standard InChI is InChI=1S/C38H42N12O2/c39-37(40)27-9-11-29-31(15-27)49-33(47-29)17-35(51)45-21-25-5-1-23(2-6-25)19-43-13-14-44-20-24-3-7-26(8-4-24)22-46-36(52)18-34-48-30-12-10-28(38(41)42)16-32(30)50-34/h1-12,15-16,43-44H,13-14,17-22H2,(H3,39,40)(H3,41,42)(H,45,51)(H,46,52)(H,47,49)(H,48,50). The molecule has 0 atom stereocenters. The van der Waals surface area contributed by atoms with Crippen LogP contribution in [-0.4, -0.2) is 56.5 Å². The van der Waals surface area contributed by atoms with Crippen molar-refractivity contribution in [3.63, 3.8) is 0 Å². The molecule has 0 bridgehead atoms. The number of rotatable bonds is 17. The van der Waals surface area contributed by atoms with Gasteiger partial charge in [-0.2, -0.15) is 0 Å². The second-order valence-corrected chi connectivity index (χ2v) is 12.6. The lowest BCUT2D eigenvalue weighted by Crippen LogP contribution is -2.27. The zero-order chi connectivity index (χ0) is 36.5. The maximum absolute atomic E-state index is 12.5. The summed E-state index contributed by atoms with van der Waals surface area (Å²) in [6.45, 7) is 3.95. The van der Waals surface area contributed by atoms with Gasteiger partial charge in [0.1, 0.15) is 23.3 Å². The first kappa shape index (κ1) is 35.4. The van der Waals surface area contributed by atoms with Crippen molar-refractivity contribution in [1.82, 2.24) is 41.2 Å². The quantitative estimate of drug-likeness (QED) is 0.0385. The first-order chi connectivity index (χ1) is 25.2. The van der Waals surface area contributed by atoms with E-state index >= 15 is 0 Å². The Morgan fingerprint density at radius 3 is 1.29 bits per heavy atom. The number of hydrogen-bond donors (Lipinski definition) is 10. The fourth-order valence-corrected chi connectivity index (χ4v) is 5.65. The van der Waals surface area contributed by atoms with Crippen LogP contribution in [0.4, 0.5) is 0 Å². The molecule has 0 fully saturated rings. The third kappa shape index (κ3) is 9.65. The minimum atomic E-state index is -0.132. The molecule has 2 aromatic heterocycles. The lowest BCUT2D eigenvalue weighted by molar-refractivity contribution is -0.121. The molecule has 12 N–H and O–H groups in total. The molecule has 0 spiro atoms. The molecule has 0 aliphatic heterocycles. The van der Waals surface area contributed by atoms with E-state index in [1.807, 2.05) is 24.3 Å². The van der Waals surface area contributed by atoms with Crippen molar-refractivity contribution >= 4 is 45.6 Å². The first-order valence-electron chi connectivity index (χ1n) is 16.9. The van der Waals surface area contributed by atoms with E-state index in [4.69, 9.17) is 22.3 Å². The molecule has 2 amide bonds. The summed E-state index contributed by atoms with van der Waals surface area (Å²) in [6.07, 6.45) is 0.258. The maximum Gasteiger partial charge on any atom is 0.227 e. The van der Waals surface area contributed by atoms with Crippen LogP contribution in [0.1, 0.15) is 45.0 Å². The van der Waals surface area contributed by atoms with Gasteiger partial charge in [0.2, 0.25) is 11.8 Å². The van der Waals surface area contributed by atoms with E-state index in [1.54, 1.807) is 36.4 Å². The first-order valence-corrected chi connectivity index (χ1v) is 16.9. The molecule has 0 aliphatic rings. The van der Waals surface area contributed by atoms with Gasteiger partial charge in [-0.1, -0.05) is 48.5 Å². The van der Waals surface area contributed by atoms with Gasteiger partial charge in [-0.3, -0.25) is 20.4 Å². The number of amidine groups is 2. The topological polar surface area (TPSA) is 239 Å². The van der Waals surface area contributed by atoms with Crippen LogP contribution >= 0.6 is 0 Å². The number of aromatic nitrogens is 4. The van der Waals surface area contributed by atoms with Crippen molar-refractivity contribution in [2.24, 2.45) is 11.5 Å². The molecule has 0 aliphatic carbocycles. The summed E-state index contributed by atoms with van der Waals surface area (Å²) in [5.41, 5.74) is 19.6. The average molecular weight is 699 g/mol. The smallest absolute Gasteiger partial charge is 0.227 e. The fraction of sp³-hybridized carbons (Fsp3) is 0.211. The van der Waals surface area contributed by atoms with E-state index in [0.717, 1.165) is 70.5 Å². The van der Waals surface area contributed by atoms with E-state index < -0.39 is 0 Å². The van der Waals surface area contributed by atoms with Crippen molar-refractivity contribution in [3.05, 3.63) is 130 Å². The minimum Gasteiger partial charge on any atom is -0.384 e. The van der Waals surface area contributed by atoms with Crippen LogP contribution in [-0.2, 0) is 48.6 Å². The van der Waals surface area contributed by atoms with E-state index in [9.17, 15) is 9.59 Å². The number of fused-ring (bicyclic) bond motifs is 2. The Hall–Kier alpha value is -6.38. The highest BCUT2D eigenvalue weighted by molar-refractivity contribution is 5.98. The maximum atomic E-state index is 12.5. The van der Waals surface area contributed by atoms with Crippen molar-refractivity contribution in [2.75, 3.05) is 13.1 Å². The van der Waals surface area contributed by atoms with Gasteiger partial charge in [-0.15, -0.1) is 0 Å². The number of H-pyrrole nitrogens is 2. The SMILES string of the molecule is N=C(N)c1ccc2nc(CC(=O)NCc3ccc(CNCCNCc4ccc(CNC(=O)Cc5nc6ccc(C(=N)N)cc6[nH]5)cc4)cc3)[nH]c2c1. The molecule has 52 heavy (non-hydrogen) atoms. The number of amides is 2. The van der Waals surface area contributed by atoms with Gasteiger partial charge in [-0.05, 0) is 58.7 Å². The molecule has 2 heterocycles. The van der Waals surface area contributed by atoms with E-state index in [2.05, 4.69) is 65.5 Å². The number of nitrogens with two attached hydrogens (primary N) is 2. The van der Waals surface area contributed by atoms with Crippen molar-refractivity contribution < 1.29 is 9.59 Å². The fourth-order valence-electron chi connectivity index (χ4n) is 5.65. The molecule has 6 aromatic rings. The molecule has 266 valence electrons. The van der Waals surface area contributed by atoms with Gasteiger partial charge in [0, 0.05) is 50.4 Å². The lowest BCUT2D eigenvalue weighted by atomic mass is 10.1. The molecule has 0 radical (unpaired) electrons. The lowest BCUT2D eigenvalue weighted by Gasteiger charge is -2.09. The number of nitrogen functional groups attached to an aromatic ring is 2. The Bertz CT molecular complexity index is 2050. The largest absolute Gasteiger partial charge is 0.384 e. The molecule has 14 nitrogen and oxygen atoms in total. The van der Waals surface area contributed by atoms with Gasteiger partial charge in [-0.25, -0.2) is 9.97 Å². The van der Waals surface area contributed by atoms with Crippen LogP contribution in [0.15, 0.2) is 84.9 Å². The molecule has 14 heteroatoms. The number of aromatic amines is 2. The number of benzene rings is 4. The summed E-state index contributed by atoms with van der Waals surface area (Å²) >= 11 is 0. The monoisotopic (exact) mass is 698 g/mol. The molecular formula is C38H42N12O2. The van der Waals surface area contributed by atoms with Gasteiger partial charge in [0.25, 0.3) is 0 Å². The second-order valence-electron chi connectivity index (χ2n) is 12.6. The van der Waals surface area contributed by atoms with Crippen molar-refractivity contribution in [2.45, 2.75) is 39.0 Å². The summed E-state index contributed by atoms with van der Waals surface area (Å²) in [7, 11) is 0. The number of nitrogens with zero attached hydrogens (tertiary/aromatic N) is 2. The number of imidazole rings is 2. The van der Waals surface area contributed by atoms with Crippen LogP contribution in [0.2, 0.25) is 0 Å². The number of hydrogen-bond acceptors (Lipinski definition) is 8. The minimum absolute atomic E-state index is 0.0164. The third-order valence-electron chi connectivity index (χ3n) is 8.50. The van der Waals surface area contributed by atoms with Gasteiger partial charge >= 0.3 is 0 Å². The molecule has 6 rings (SSSR count). The summed E-state index contributed by atoms with van der Waals surface area (Å²) < 4.78 is 0. The van der Waals surface area contributed by atoms with Crippen LogP contribution < -0.4 is 32.7 Å². The number of carbonyl (C=O) groups excluding carboxylic acids is 2. The highest BCUT2D eigenvalue weighted by Crippen LogP contribution is 2.15. The summed E-state index contributed by atoms with van der Waals surface area (Å²) in [5.74, 6) is 0.823. The van der Waals surface area contributed by atoms with Crippen molar-refractivity contribution in [1.29, 1.82) is 10.8 Å². The summed E-state index contributed by atoms with van der Waals surface area (Å²) in [6, 6.07) is 26.9. The normalized spacial score (nSPS) is 11.2. The molecular weight excluding hydrogens is 656 g/mol. The molecule has 0 saturated carbocycles. The molecule has 0 unspecified atom stereocenters.